The Hall–Kier alpha value is -4.76. The van der Waals surface area contributed by atoms with Crippen LogP contribution in [0, 0.1) is 17.3 Å². The molecule has 3 atom stereocenters. The lowest BCUT2D eigenvalue weighted by atomic mass is 9.65. The number of ketones is 1. The Bertz CT molecular complexity index is 1870. The molecule has 56 heavy (non-hydrogen) atoms. The molecule has 3 aromatic carbocycles. The molecule has 0 aliphatic carbocycles. The fraction of sp³-hybridized carbons (Fsp3) is 0.356. The van der Waals surface area contributed by atoms with Gasteiger partial charge in [-0.05, 0) is 52.3 Å². The minimum Gasteiger partial charge on any atom is -0.457 e. The SMILES string of the molecule is C=CCOC(=O)C(N1C(=O)[C@@H]([C@@H](CO[SiH](C)C)C(C)(C)C)[C@H]1CC(=O)C1=CCN(C(=O)OCC=C)CC1)=P(c1ccccc1)(c1ccccc1)c1ccccc1. The summed E-state index contributed by atoms with van der Waals surface area (Å²) in [7, 11) is -1.49. The van der Waals surface area contributed by atoms with Gasteiger partial charge in [-0.15, -0.1) is 0 Å². The molecule has 2 aliphatic rings. The van der Waals surface area contributed by atoms with Crippen LogP contribution < -0.4 is 15.9 Å². The first-order chi connectivity index (χ1) is 26.9. The molecule has 0 unspecified atom stereocenters. The lowest BCUT2D eigenvalue weighted by molar-refractivity contribution is -0.160. The first-order valence-corrected chi connectivity index (χ1v) is 23.8. The predicted molar refractivity (Wildman–Crippen MR) is 229 cm³/mol. The predicted octanol–water partition coefficient (Wildman–Crippen LogP) is 6.24. The smallest absolute Gasteiger partial charge is 0.410 e. The van der Waals surface area contributed by atoms with E-state index in [1.807, 2.05) is 91.0 Å². The minimum absolute atomic E-state index is 0.0224. The topological polar surface area (TPSA) is 102 Å². The Balaban J connectivity index is 1.77. The lowest BCUT2D eigenvalue weighted by Gasteiger charge is -2.54. The molecule has 0 radical (unpaired) electrons. The second-order valence-corrected chi connectivity index (χ2v) is 21.2. The zero-order chi connectivity index (χ0) is 40.5. The molecule has 5 rings (SSSR count). The van der Waals surface area contributed by atoms with Gasteiger partial charge in [0.05, 0.1) is 12.0 Å². The minimum atomic E-state index is -3.19. The van der Waals surface area contributed by atoms with Crippen LogP contribution in [0.5, 0.6) is 0 Å². The van der Waals surface area contributed by atoms with E-state index >= 15 is 9.59 Å². The lowest BCUT2D eigenvalue weighted by Crippen LogP contribution is -2.69. The van der Waals surface area contributed by atoms with Crippen LogP contribution in [0.3, 0.4) is 0 Å². The largest absolute Gasteiger partial charge is 0.457 e. The summed E-state index contributed by atoms with van der Waals surface area (Å²) >= 11 is 0. The van der Waals surface area contributed by atoms with E-state index in [1.165, 1.54) is 12.2 Å². The number of Topliss-reactive ketones (excluding diaryl/α,β-unsaturated/α-hetero) is 1. The van der Waals surface area contributed by atoms with Gasteiger partial charge in [0.15, 0.2) is 14.8 Å². The second-order valence-electron chi connectivity index (χ2n) is 15.5. The molecule has 11 heteroatoms. The van der Waals surface area contributed by atoms with Gasteiger partial charge >= 0.3 is 12.1 Å². The molecule has 0 saturated carbocycles. The first-order valence-electron chi connectivity index (χ1n) is 19.3. The van der Waals surface area contributed by atoms with E-state index in [0.717, 1.165) is 15.9 Å². The number of β-lactam (4-membered cyclic amide) rings is 1. The summed E-state index contributed by atoms with van der Waals surface area (Å²) in [6.45, 7) is 15.6. The maximum atomic E-state index is 15.3. The van der Waals surface area contributed by atoms with Crippen LogP contribution in [0.1, 0.15) is 33.6 Å². The Morgan fingerprint density at radius 2 is 1.38 bits per heavy atom. The number of rotatable bonds is 16. The van der Waals surface area contributed by atoms with Crippen molar-refractivity contribution in [1.29, 1.82) is 0 Å². The van der Waals surface area contributed by atoms with Crippen LogP contribution in [0.25, 0.3) is 0 Å². The number of amides is 2. The quantitative estimate of drug-likeness (QED) is 0.0557. The summed E-state index contributed by atoms with van der Waals surface area (Å²) in [6, 6.07) is 28.8. The number of hydrogen-bond acceptors (Lipinski definition) is 7. The molecule has 2 aliphatic heterocycles. The zero-order valence-electron chi connectivity index (χ0n) is 33.3. The highest BCUT2D eigenvalue weighted by Crippen LogP contribution is 2.52. The van der Waals surface area contributed by atoms with Crippen LogP contribution in [-0.2, 0) is 28.3 Å². The molecule has 1 fully saturated rings. The highest BCUT2D eigenvalue weighted by atomic mass is 31.2. The number of likely N-dealkylation sites (tertiary alicyclic amines) is 1. The van der Waals surface area contributed by atoms with Crippen molar-refractivity contribution in [1.82, 2.24) is 9.80 Å². The molecule has 0 bridgehead atoms. The summed E-state index contributed by atoms with van der Waals surface area (Å²) in [5, 5.41) is 2.60. The number of esters is 1. The Kier molecular flexibility index (Phi) is 14.3. The Morgan fingerprint density at radius 1 is 0.857 bits per heavy atom. The summed E-state index contributed by atoms with van der Waals surface area (Å²) < 4.78 is 17.5. The molecular formula is C45H55N2O7PSi. The van der Waals surface area contributed by atoms with E-state index in [1.54, 1.807) is 15.9 Å². The summed E-state index contributed by atoms with van der Waals surface area (Å²) in [4.78, 5) is 60.5. The van der Waals surface area contributed by atoms with Crippen molar-refractivity contribution in [2.45, 2.75) is 52.7 Å². The van der Waals surface area contributed by atoms with Gasteiger partial charge in [0.1, 0.15) is 18.6 Å². The van der Waals surface area contributed by atoms with E-state index in [2.05, 4.69) is 47.0 Å². The maximum Gasteiger partial charge on any atom is 0.410 e. The maximum absolute atomic E-state index is 15.3. The van der Waals surface area contributed by atoms with Crippen LogP contribution in [0.15, 0.2) is 128 Å². The van der Waals surface area contributed by atoms with Gasteiger partial charge in [-0.1, -0.05) is 143 Å². The van der Waals surface area contributed by atoms with Crippen molar-refractivity contribution in [3.8, 4) is 0 Å². The molecule has 296 valence electrons. The van der Waals surface area contributed by atoms with E-state index in [4.69, 9.17) is 13.9 Å². The van der Waals surface area contributed by atoms with Gasteiger partial charge in [-0.3, -0.25) is 9.59 Å². The van der Waals surface area contributed by atoms with Gasteiger partial charge in [0.25, 0.3) is 0 Å². The monoisotopic (exact) mass is 794 g/mol. The van der Waals surface area contributed by atoms with Crippen LogP contribution in [0.4, 0.5) is 4.79 Å². The number of hydrogen-bond donors (Lipinski definition) is 0. The van der Waals surface area contributed by atoms with Crippen molar-refractivity contribution in [2.24, 2.45) is 17.3 Å². The third-order valence-corrected chi connectivity index (χ3v) is 15.6. The van der Waals surface area contributed by atoms with Gasteiger partial charge in [-0.2, -0.15) is 0 Å². The second kappa shape index (κ2) is 18.9. The van der Waals surface area contributed by atoms with Crippen molar-refractivity contribution < 1.29 is 33.1 Å². The van der Waals surface area contributed by atoms with E-state index in [-0.39, 0.29) is 54.6 Å². The molecule has 9 nitrogen and oxygen atoms in total. The molecular weight excluding hydrogens is 740 g/mol. The summed E-state index contributed by atoms with van der Waals surface area (Å²) in [5.41, 5.74) is 0.434. The zero-order valence-corrected chi connectivity index (χ0v) is 35.3. The third-order valence-electron chi connectivity index (χ3n) is 10.5. The Labute approximate surface area is 333 Å². The van der Waals surface area contributed by atoms with Crippen molar-refractivity contribution in [2.75, 3.05) is 32.9 Å². The number of ether oxygens (including phenoxy) is 2. The van der Waals surface area contributed by atoms with Gasteiger partial charge in [0, 0.05) is 33.0 Å². The molecule has 0 N–H and O–H groups in total. The molecule has 0 spiro atoms. The van der Waals surface area contributed by atoms with Gasteiger partial charge in [0.2, 0.25) is 5.91 Å². The van der Waals surface area contributed by atoms with Gasteiger partial charge in [-0.25, -0.2) is 9.59 Å². The van der Waals surface area contributed by atoms with E-state index < -0.39 is 39.9 Å². The normalized spacial score (nSPS) is 17.7. The Morgan fingerprint density at radius 3 is 1.82 bits per heavy atom. The number of benzene rings is 3. The van der Waals surface area contributed by atoms with Crippen molar-refractivity contribution in [3.05, 3.63) is 128 Å². The number of carbonyl (C=O) groups is 4. The number of carbonyl (C=O) groups excluding carboxylic acids is 4. The van der Waals surface area contributed by atoms with Crippen LogP contribution in [-0.4, -0.2) is 87.0 Å². The standard InChI is InChI=1S/C45H55N2O7PSi/c1-8-29-52-43(50)42(55(34-19-13-10-14-20-34,35-21-15-11-16-22-35)36-23-17-12-18-24-36)47-38(40(41(47)49)37(45(3,4)5)32-54-56(6)7)31-39(48)33-25-27-46(28-26-33)44(51)53-30-9-2/h8-25,37-38,40,56H,1-2,26-32H2,3-7H3/t37-,38-,40+/m1/s1. The average Bonchev–Trinajstić information content (AvgIpc) is 3.20. The van der Waals surface area contributed by atoms with E-state index in [9.17, 15) is 9.59 Å². The molecule has 3 aromatic rings. The molecule has 2 amide bonds. The van der Waals surface area contributed by atoms with Crippen LogP contribution >= 0.6 is 6.89 Å². The average molecular weight is 795 g/mol. The molecule has 2 heterocycles. The first kappa shape index (κ1) is 42.4. The summed E-state index contributed by atoms with van der Waals surface area (Å²) in [5.74, 6) is -1.87. The fourth-order valence-electron chi connectivity index (χ4n) is 7.67. The van der Waals surface area contributed by atoms with Crippen molar-refractivity contribution >= 4 is 61.0 Å². The molecule has 0 aromatic heterocycles. The molecule has 1 saturated heterocycles. The third kappa shape index (κ3) is 9.09. The highest BCUT2D eigenvalue weighted by molar-refractivity contribution is 7.96. The van der Waals surface area contributed by atoms with Gasteiger partial charge < -0.3 is 23.7 Å². The van der Waals surface area contributed by atoms with E-state index in [0.29, 0.717) is 25.1 Å². The van der Waals surface area contributed by atoms with Crippen molar-refractivity contribution in [3.63, 3.8) is 0 Å². The summed E-state index contributed by atoms with van der Waals surface area (Å²) in [6.07, 6.45) is 4.64. The number of nitrogens with zero attached hydrogens (tertiary/aromatic N) is 2. The van der Waals surface area contributed by atoms with Crippen LogP contribution in [0.2, 0.25) is 13.1 Å². The highest BCUT2D eigenvalue weighted by Gasteiger charge is 2.58. The fourth-order valence-corrected chi connectivity index (χ4v) is 12.7.